The van der Waals surface area contributed by atoms with Gasteiger partial charge in [-0.25, -0.2) is 4.79 Å². The third-order valence-electron chi connectivity index (χ3n) is 4.84. The minimum Gasteiger partial charge on any atom is -0.493 e. The van der Waals surface area contributed by atoms with Gasteiger partial charge >= 0.3 is 5.97 Å². The molecule has 0 aliphatic carbocycles. The van der Waals surface area contributed by atoms with Crippen LogP contribution in [0.25, 0.3) is 6.08 Å². The number of esters is 1. The Morgan fingerprint density at radius 1 is 1.16 bits per heavy atom. The number of nitriles is 1. The number of rotatable bonds is 12. The highest BCUT2D eigenvalue weighted by Crippen LogP contribution is 2.28. The summed E-state index contributed by atoms with van der Waals surface area (Å²) >= 11 is 0. The Balaban J connectivity index is 1.95. The largest absolute Gasteiger partial charge is 0.493 e. The lowest BCUT2D eigenvalue weighted by Crippen LogP contribution is -2.14. The van der Waals surface area contributed by atoms with E-state index in [1.807, 2.05) is 26.0 Å². The Kier molecular flexibility index (Phi) is 9.51. The normalized spacial score (nSPS) is 10.7. The first-order chi connectivity index (χ1) is 15.4. The third-order valence-corrected chi connectivity index (χ3v) is 4.84. The fraction of sp³-hybridized carbons (Fsp3) is 0.375. The summed E-state index contributed by atoms with van der Waals surface area (Å²) in [5.74, 6) is -0.0134. The van der Waals surface area contributed by atoms with E-state index in [1.54, 1.807) is 31.4 Å². The number of Topliss-reactive ketones (excluding diaryl/α,β-unsaturated/α-hetero) is 1. The molecule has 1 aromatic carbocycles. The van der Waals surface area contributed by atoms with Crippen LogP contribution in [-0.2, 0) is 20.8 Å². The first kappa shape index (κ1) is 24.7. The lowest BCUT2D eigenvalue weighted by molar-refractivity contribution is -0.136. The van der Waals surface area contributed by atoms with Crippen molar-refractivity contribution in [3.05, 3.63) is 52.9 Å². The Bertz CT molecular complexity index is 1020. The van der Waals surface area contributed by atoms with Gasteiger partial charge in [0.25, 0.3) is 0 Å². The molecule has 0 radical (unpaired) electrons. The first-order valence-corrected chi connectivity index (χ1v) is 10.1. The van der Waals surface area contributed by atoms with E-state index in [2.05, 4.69) is 4.57 Å². The number of aromatic nitrogens is 1. The zero-order valence-corrected chi connectivity index (χ0v) is 18.8. The fourth-order valence-electron chi connectivity index (χ4n) is 3.24. The Morgan fingerprint density at radius 3 is 2.62 bits per heavy atom. The fourth-order valence-corrected chi connectivity index (χ4v) is 3.24. The number of benzene rings is 1. The molecule has 2 aromatic rings. The summed E-state index contributed by atoms with van der Waals surface area (Å²) in [7, 11) is 3.14. The summed E-state index contributed by atoms with van der Waals surface area (Å²) in [4.78, 5) is 24.6. The van der Waals surface area contributed by atoms with Gasteiger partial charge < -0.3 is 23.5 Å². The zero-order chi connectivity index (χ0) is 23.5. The highest BCUT2D eigenvalue weighted by molar-refractivity contribution is 6.00. The van der Waals surface area contributed by atoms with E-state index in [9.17, 15) is 9.59 Å². The van der Waals surface area contributed by atoms with Crippen molar-refractivity contribution in [3.8, 4) is 17.6 Å². The molecule has 0 amide bonds. The van der Waals surface area contributed by atoms with Gasteiger partial charge in [-0.3, -0.25) is 4.79 Å². The van der Waals surface area contributed by atoms with E-state index >= 15 is 0 Å². The lowest BCUT2D eigenvalue weighted by Gasteiger charge is -2.09. The van der Waals surface area contributed by atoms with Crippen LogP contribution in [0.3, 0.4) is 0 Å². The van der Waals surface area contributed by atoms with Crippen LogP contribution in [0.4, 0.5) is 0 Å². The van der Waals surface area contributed by atoms with Crippen molar-refractivity contribution in [3.63, 3.8) is 0 Å². The summed E-state index contributed by atoms with van der Waals surface area (Å²) in [5.41, 5.74) is 3.05. The first-order valence-electron chi connectivity index (χ1n) is 10.1. The topological polar surface area (TPSA) is 99.8 Å². The second kappa shape index (κ2) is 12.3. The van der Waals surface area contributed by atoms with Gasteiger partial charge in [-0.05, 0) is 50.1 Å². The van der Waals surface area contributed by atoms with Gasteiger partial charge in [0.05, 0.1) is 7.11 Å². The van der Waals surface area contributed by atoms with Gasteiger partial charge in [-0.2, -0.15) is 5.26 Å². The van der Waals surface area contributed by atoms with Crippen LogP contribution < -0.4 is 9.47 Å². The standard InChI is InChI=1S/C24H28N2O6/c1-17-14-20(18(2)26(17)11-5-12-29-3)21(27)16-32-24(28)9-7-19-6-8-22(31-13-10-25)23(15-19)30-4/h6-9,14-15H,5,11-13,16H2,1-4H3/b9-7+. The number of ether oxygens (including phenoxy) is 4. The van der Waals surface area contributed by atoms with E-state index in [1.165, 1.54) is 13.2 Å². The van der Waals surface area contributed by atoms with Crippen LogP contribution in [-0.4, -0.2) is 50.4 Å². The molecule has 0 aliphatic heterocycles. The molecular formula is C24H28N2O6. The van der Waals surface area contributed by atoms with Crippen LogP contribution in [0.5, 0.6) is 11.5 Å². The second-order valence-corrected chi connectivity index (χ2v) is 7.00. The molecule has 0 saturated carbocycles. The number of carbonyl (C=O) groups excluding carboxylic acids is 2. The SMILES string of the molecule is COCCCn1c(C)cc(C(=O)COC(=O)/C=C/c2ccc(OCC#N)c(OC)c2)c1C. The molecule has 0 aliphatic rings. The average molecular weight is 440 g/mol. The van der Waals surface area contributed by atoms with Gasteiger partial charge in [-0.1, -0.05) is 6.07 Å². The maximum Gasteiger partial charge on any atom is 0.331 e. The van der Waals surface area contributed by atoms with E-state index < -0.39 is 5.97 Å². The maximum atomic E-state index is 12.6. The molecule has 0 fully saturated rings. The molecule has 32 heavy (non-hydrogen) atoms. The molecule has 0 unspecified atom stereocenters. The number of ketones is 1. The number of hydrogen-bond acceptors (Lipinski definition) is 7. The molecule has 0 spiro atoms. The van der Waals surface area contributed by atoms with E-state index in [0.29, 0.717) is 29.2 Å². The molecule has 0 N–H and O–H groups in total. The van der Waals surface area contributed by atoms with Gasteiger partial charge in [-0.15, -0.1) is 0 Å². The van der Waals surface area contributed by atoms with Crippen LogP contribution in [0.15, 0.2) is 30.3 Å². The number of nitrogens with zero attached hydrogens (tertiary/aromatic N) is 2. The number of methoxy groups -OCH3 is 2. The quantitative estimate of drug-likeness (QED) is 0.216. The van der Waals surface area contributed by atoms with Crippen molar-refractivity contribution in [1.29, 1.82) is 5.26 Å². The summed E-state index contributed by atoms with van der Waals surface area (Å²) in [6.07, 6.45) is 3.63. The maximum absolute atomic E-state index is 12.6. The molecule has 1 aromatic heterocycles. The summed E-state index contributed by atoms with van der Waals surface area (Å²) in [6, 6.07) is 8.73. The highest BCUT2D eigenvalue weighted by Gasteiger charge is 2.16. The monoisotopic (exact) mass is 440 g/mol. The second-order valence-electron chi connectivity index (χ2n) is 7.00. The minimum atomic E-state index is -0.629. The molecule has 0 atom stereocenters. The molecule has 1 heterocycles. The van der Waals surface area contributed by atoms with Crippen molar-refractivity contribution >= 4 is 17.8 Å². The van der Waals surface area contributed by atoms with Gasteiger partial charge in [0.2, 0.25) is 5.78 Å². The third kappa shape index (κ3) is 6.72. The van der Waals surface area contributed by atoms with Crippen molar-refractivity contribution < 1.29 is 28.5 Å². The minimum absolute atomic E-state index is 0.0958. The molecule has 0 saturated heterocycles. The van der Waals surface area contributed by atoms with Crippen molar-refractivity contribution in [1.82, 2.24) is 4.57 Å². The van der Waals surface area contributed by atoms with Crippen LogP contribution in [0.2, 0.25) is 0 Å². The molecule has 2 rings (SSSR count). The number of aryl methyl sites for hydroxylation is 1. The molecule has 8 heteroatoms. The summed E-state index contributed by atoms with van der Waals surface area (Å²) in [5, 5.41) is 8.62. The lowest BCUT2D eigenvalue weighted by atomic mass is 10.1. The van der Waals surface area contributed by atoms with Crippen molar-refractivity contribution in [2.45, 2.75) is 26.8 Å². The van der Waals surface area contributed by atoms with Gasteiger partial charge in [0.1, 0.15) is 6.07 Å². The molecule has 0 bridgehead atoms. The molecule has 170 valence electrons. The predicted molar refractivity (Wildman–Crippen MR) is 119 cm³/mol. The number of carbonyl (C=O) groups is 2. The number of hydrogen-bond donors (Lipinski definition) is 0. The van der Waals surface area contributed by atoms with E-state index in [-0.39, 0.29) is 19.0 Å². The average Bonchev–Trinajstić information content (AvgIpc) is 3.08. The van der Waals surface area contributed by atoms with Gasteiger partial charge in [0, 0.05) is 43.3 Å². The zero-order valence-electron chi connectivity index (χ0n) is 18.8. The smallest absolute Gasteiger partial charge is 0.331 e. The Morgan fingerprint density at radius 2 is 1.94 bits per heavy atom. The predicted octanol–water partition coefficient (Wildman–Crippen LogP) is 3.49. The highest BCUT2D eigenvalue weighted by atomic mass is 16.5. The Hall–Kier alpha value is -3.57. The summed E-state index contributed by atoms with van der Waals surface area (Å²) in [6.45, 7) is 4.79. The summed E-state index contributed by atoms with van der Waals surface area (Å²) < 4.78 is 22.8. The molecular weight excluding hydrogens is 412 g/mol. The van der Waals surface area contributed by atoms with Crippen molar-refractivity contribution in [2.75, 3.05) is 34.0 Å². The van der Waals surface area contributed by atoms with Gasteiger partial charge in [0.15, 0.2) is 24.7 Å². The van der Waals surface area contributed by atoms with Crippen LogP contribution >= 0.6 is 0 Å². The Labute approximate surface area is 187 Å². The van der Waals surface area contributed by atoms with E-state index in [4.69, 9.17) is 24.2 Å². The van der Waals surface area contributed by atoms with E-state index in [0.717, 1.165) is 24.4 Å². The van der Waals surface area contributed by atoms with Crippen molar-refractivity contribution in [2.24, 2.45) is 0 Å². The van der Waals surface area contributed by atoms with Crippen LogP contribution in [0.1, 0.15) is 33.7 Å². The molecule has 8 nitrogen and oxygen atoms in total. The van der Waals surface area contributed by atoms with Crippen LogP contribution in [0, 0.1) is 25.2 Å².